The number of hydrogen-bond donors (Lipinski definition) is 0. The van der Waals surface area contributed by atoms with E-state index in [0.717, 1.165) is 9.77 Å². The van der Waals surface area contributed by atoms with Crippen molar-refractivity contribution in [2.24, 2.45) is 0 Å². The SMILES string of the molecule is FC(F)(F)c1[c]ccc(-c2ccc3ncc(I)n3n2)c1. The molecule has 3 rings (SSSR count). The summed E-state index contributed by atoms with van der Waals surface area (Å²) in [4.78, 5) is 4.12. The molecular weight excluding hydrogens is 382 g/mol. The summed E-state index contributed by atoms with van der Waals surface area (Å²) in [5.74, 6) is 0. The molecule has 1 aromatic carbocycles. The molecule has 3 aromatic rings. The molecule has 0 aliphatic rings. The van der Waals surface area contributed by atoms with Gasteiger partial charge in [0, 0.05) is 5.56 Å². The molecule has 0 unspecified atom stereocenters. The zero-order chi connectivity index (χ0) is 14.3. The number of rotatable bonds is 1. The van der Waals surface area contributed by atoms with E-state index in [-0.39, 0.29) is 0 Å². The van der Waals surface area contributed by atoms with Gasteiger partial charge in [-0.05, 0) is 46.9 Å². The van der Waals surface area contributed by atoms with Crippen LogP contribution < -0.4 is 0 Å². The number of imidazole rings is 1. The molecule has 101 valence electrons. The fourth-order valence-electron chi connectivity index (χ4n) is 1.79. The van der Waals surface area contributed by atoms with Gasteiger partial charge in [-0.15, -0.1) is 0 Å². The van der Waals surface area contributed by atoms with Gasteiger partial charge in [0.15, 0.2) is 5.65 Å². The molecule has 7 heteroatoms. The van der Waals surface area contributed by atoms with Gasteiger partial charge in [-0.1, -0.05) is 12.1 Å². The number of aromatic nitrogens is 3. The van der Waals surface area contributed by atoms with Gasteiger partial charge in [-0.2, -0.15) is 18.3 Å². The zero-order valence-corrected chi connectivity index (χ0v) is 12.0. The lowest BCUT2D eigenvalue weighted by Gasteiger charge is -2.08. The van der Waals surface area contributed by atoms with E-state index in [0.29, 0.717) is 16.9 Å². The minimum atomic E-state index is -4.41. The fraction of sp³-hybridized carbons (Fsp3) is 0.0769. The van der Waals surface area contributed by atoms with Crippen molar-refractivity contribution in [3.8, 4) is 11.3 Å². The predicted molar refractivity (Wildman–Crippen MR) is 75.0 cm³/mol. The van der Waals surface area contributed by atoms with Crippen molar-refractivity contribution in [3.63, 3.8) is 0 Å². The first-order chi connectivity index (χ1) is 9.45. The lowest BCUT2D eigenvalue weighted by atomic mass is 10.1. The van der Waals surface area contributed by atoms with Gasteiger partial charge in [0.05, 0.1) is 17.5 Å². The second kappa shape index (κ2) is 4.72. The average molecular weight is 388 g/mol. The quantitative estimate of drug-likeness (QED) is 0.594. The van der Waals surface area contributed by atoms with Crippen LogP contribution >= 0.6 is 22.6 Å². The van der Waals surface area contributed by atoms with Gasteiger partial charge in [0.1, 0.15) is 3.70 Å². The van der Waals surface area contributed by atoms with E-state index in [1.807, 2.05) is 0 Å². The third-order valence-electron chi connectivity index (χ3n) is 2.72. The van der Waals surface area contributed by atoms with E-state index >= 15 is 0 Å². The van der Waals surface area contributed by atoms with Crippen molar-refractivity contribution in [2.75, 3.05) is 0 Å². The van der Waals surface area contributed by atoms with Crippen LogP contribution in [0.25, 0.3) is 16.9 Å². The number of nitrogens with zero attached hydrogens (tertiary/aromatic N) is 3. The molecule has 0 aliphatic carbocycles. The zero-order valence-electron chi connectivity index (χ0n) is 9.82. The van der Waals surface area contributed by atoms with Crippen molar-refractivity contribution >= 4 is 28.2 Å². The van der Waals surface area contributed by atoms with E-state index in [4.69, 9.17) is 0 Å². The number of benzene rings is 1. The summed E-state index contributed by atoms with van der Waals surface area (Å²) in [7, 11) is 0. The van der Waals surface area contributed by atoms with Gasteiger partial charge in [0.25, 0.3) is 0 Å². The number of alkyl halides is 3. The van der Waals surface area contributed by atoms with Gasteiger partial charge < -0.3 is 0 Å². The molecule has 1 radical (unpaired) electrons. The molecule has 2 heterocycles. The van der Waals surface area contributed by atoms with Gasteiger partial charge in [-0.25, -0.2) is 9.50 Å². The third kappa shape index (κ3) is 2.37. The van der Waals surface area contributed by atoms with E-state index in [2.05, 4.69) is 38.7 Å². The molecule has 0 bridgehead atoms. The lowest BCUT2D eigenvalue weighted by Crippen LogP contribution is -2.05. The lowest BCUT2D eigenvalue weighted by molar-refractivity contribution is -0.137. The molecule has 2 aromatic heterocycles. The summed E-state index contributed by atoms with van der Waals surface area (Å²) in [5, 5.41) is 4.29. The van der Waals surface area contributed by atoms with Crippen molar-refractivity contribution in [1.29, 1.82) is 0 Å². The van der Waals surface area contributed by atoms with Crippen molar-refractivity contribution in [2.45, 2.75) is 6.18 Å². The highest BCUT2D eigenvalue weighted by Gasteiger charge is 2.30. The highest BCUT2D eigenvalue weighted by Crippen LogP contribution is 2.31. The topological polar surface area (TPSA) is 30.2 Å². The Labute approximate surface area is 125 Å². The second-order valence-electron chi connectivity index (χ2n) is 4.06. The Hall–Kier alpha value is -1.64. The Morgan fingerprint density at radius 1 is 1.20 bits per heavy atom. The summed E-state index contributed by atoms with van der Waals surface area (Å²) in [6.45, 7) is 0. The largest absolute Gasteiger partial charge is 0.417 e. The first kappa shape index (κ1) is 13.3. The molecule has 3 nitrogen and oxygen atoms in total. The molecule has 0 fully saturated rings. The molecule has 0 saturated carbocycles. The van der Waals surface area contributed by atoms with Crippen LogP contribution in [0.4, 0.5) is 13.2 Å². The first-order valence-corrected chi connectivity index (χ1v) is 6.62. The van der Waals surface area contributed by atoms with Crippen LogP contribution in [-0.2, 0) is 6.18 Å². The summed E-state index contributed by atoms with van der Waals surface area (Å²) < 4.78 is 40.4. The summed E-state index contributed by atoms with van der Waals surface area (Å²) in [6.07, 6.45) is -2.77. The maximum Gasteiger partial charge on any atom is 0.417 e. The van der Waals surface area contributed by atoms with Crippen LogP contribution in [0, 0.1) is 9.77 Å². The molecule has 0 spiro atoms. The highest BCUT2D eigenvalue weighted by atomic mass is 127. The average Bonchev–Trinajstić information content (AvgIpc) is 2.79. The van der Waals surface area contributed by atoms with E-state index in [9.17, 15) is 13.2 Å². The molecule has 0 atom stereocenters. The maximum absolute atomic E-state index is 12.7. The Morgan fingerprint density at radius 2 is 2.00 bits per heavy atom. The Morgan fingerprint density at radius 3 is 2.75 bits per heavy atom. The minimum absolute atomic E-state index is 0.391. The highest BCUT2D eigenvalue weighted by molar-refractivity contribution is 14.1. The van der Waals surface area contributed by atoms with Crippen molar-refractivity contribution in [1.82, 2.24) is 14.6 Å². The summed E-state index contributed by atoms with van der Waals surface area (Å²) in [5.41, 5.74) is 0.685. The predicted octanol–water partition coefficient (Wildman–Crippen LogP) is 3.82. The first-order valence-electron chi connectivity index (χ1n) is 5.55. The molecular formula is C13H6F3IN3. The Kier molecular flexibility index (Phi) is 3.15. The summed E-state index contributed by atoms with van der Waals surface area (Å²) >= 11 is 2.06. The van der Waals surface area contributed by atoms with Crippen LogP contribution in [0.3, 0.4) is 0 Å². The van der Waals surface area contributed by atoms with Gasteiger partial charge >= 0.3 is 6.18 Å². The Balaban J connectivity index is 2.13. The van der Waals surface area contributed by atoms with Crippen LogP contribution in [0.1, 0.15) is 5.56 Å². The van der Waals surface area contributed by atoms with Crippen molar-refractivity contribution in [3.05, 3.63) is 51.9 Å². The van der Waals surface area contributed by atoms with E-state index in [1.54, 1.807) is 28.9 Å². The number of halogens is 4. The molecule has 0 amide bonds. The number of fused-ring (bicyclic) bond motifs is 1. The fourth-order valence-corrected chi connectivity index (χ4v) is 2.28. The minimum Gasteiger partial charge on any atom is -0.234 e. The molecule has 0 aliphatic heterocycles. The van der Waals surface area contributed by atoms with Crippen LogP contribution in [0.2, 0.25) is 0 Å². The van der Waals surface area contributed by atoms with Crippen LogP contribution in [0.15, 0.2) is 36.5 Å². The standard InChI is InChI=1S/C13H6F3IN3/c14-13(15,16)9-3-1-2-8(6-9)10-4-5-12-18-7-11(17)20(12)19-10/h1-2,4-7H. The number of hydrogen-bond acceptors (Lipinski definition) is 2. The van der Waals surface area contributed by atoms with Crippen molar-refractivity contribution < 1.29 is 13.2 Å². The van der Waals surface area contributed by atoms with Crippen LogP contribution in [-0.4, -0.2) is 14.6 Å². The van der Waals surface area contributed by atoms with Gasteiger partial charge in [-0.3, -0.25) is 0 Å². The monoisotopic (exact) mass is 388 g/mol. The van der Waals surface area contributed by atoms with Gasteiger partial charge in [0.2, 0.25) is 0 Å². The third-order valence-corrected chi connectivity index (χ3v) is 3.46. The summed E-state index contributed by atoms with van der Waals surface area (Å²) in [6, 6.07) is 9.39. The smallest absolute Gasteiger partial charge is 0.234 e. The van der Waals surface area contributed by atoms with Crippen LogP contribution in [0.5, 0.6) is 0 Å². The second-order valence-corrected chi connectivity index (χ2v) is 5.16. The molecule has 20 heavy (non-hydrogen) atoms. The Bertz CT molecular complexity index is 780. The molecule has 0 saturated heterocycles. The van der Waals surface area contributed by atoms with E-state index in [1.165, 1.54) is 6.07 Å². The normalized spacial score (nSPS) is 12.0. The maximum atomic E-state index is 12.7. The molecule has 0 N–H and O–H groups in total. The van der Waals surface area contributed by atoms with E-state index < -0.39 is 11.7 Å².